The topological polar surface area (TPSA) is 96.0 Å². The molecule has 2 amide bonds. The third kappa shape index (κ3) is 8.99. The summed E-state index contributed by atoms with van der Waals surface area (Å²) in [4.78, 5) is 29.6. The van der Waals surface area contributed by atoms with E-state index in [1.807, 2.05) is 61.5 Å². The van der Waals surface area contributed by atoms with E-state index in [1.165, 1.54) is 17.5 Å². The van der Waals surface area contributed by atoms with Crippen molar-refractivity contribution in [1.29, 1.82) is 0 Å². The summed E-state index contributed by atoms with van der Waals surface area (Å²) in [7, 11) is -2.18. The van der Waals surface area contributed by atoms with Crippen LogP contribution in [0.25, 0.3) is 0 Å². The molecule has 10 heteroatoms. The highest BCUT2D eigenvalue weighted by molar-refractivity contribution is 7.92. The Morgan fingerprint density at radius 2 is 1.70 bits per heavy atom. The number of carbonyl (C=O) groups excluding carboxylic acids is 2. The van der Waals surface area contributed by atoms with E-state index in [-0.39, 0.29) is 48.8 Å². The molecule has 1 aliphatic carbocycles. The number of sulfonamides is 1. The van der Waals surface area contributed by atoms with E-state index in [4.69, 9.17) is 16.3 Å². The predicted molar refractivity (Wildman–Crippen MR) is 175 cm³/mol. The molecule has 44 heavy (non-hydrogen) atoms. The minimum atomic E-state index is -3.67. The van der Waals surface area contributed by atoms with Gasteiger partial charge in [0.1, 0.15) is 11.8 Å². The van der Waals surface area contributed by atoms with Gasteiger partial charge in [0, 0.05) is 32.0 Å². The Bertz CT molecular complexity index is 1530. The van der Waals surface area contributed by atoms with Gasteiger partial charge in [0.05, 0.1) is 24.1 Å². The number of aryl methyl sites for hydroxylation is 1. The Kier molecular flexibility index (Phi) is 11.7. The fourth-order valence-electron chi connectivity index (χ4n) is 5.71. The molecular weight excluding hydrogens is 598 g/mol. The molecule has 8 nitrogen and oxygen atoms in total. The number of carbonyl (C=O) groups is 2. The van der Waals surface area contributed by atoms with Gasteiger partial charge in [0.2, 0.25) is 21.8 Å². The lowest BCUT2D eigenvalue weighted by Gasteiger charge is -2.33. The zero-order valence-electron chi connectivity index (χ0n) is 25.7. The lowest BCUT2D eigenvalue weighted by Crippen LogP contribution is -2.52. The number of benzene rings is 3. The molecule has 0 radical (unpaired) electrons. The second kappa shape index (κ2) is 15.4. The van der Waals surface area contributed by atoms with Gasteiger partial charge in [-0.1, -0.05) is 79.0 Å². The molecule has 1 saturated carbocycles. The first-order valence-electron chi connectivity index (χ1n) is 15.1. The molecule has 3 aromatic rings. The summed E-state index contributed by atoms with van der Waals surface area (Å²) in [5.74, 6) is 0.0662. The van der Waals surface area contributed by atoms with Gasteiger partial charge < -0.3 is 15.0 Å². The third-order valence-corrected chi connectivity index (χ3v) is 9.64. The molecular formula is C34H42ClN3O5S. The van der Waals surface area contributed by atoms with Crippen molar-refractivity contribution in [2.75, 3.05) is 24.2 Å². The maximum atomic E-state index is 14.1. The predicted octanol–water partition coefficient (Wildman–Crippen LogP) is 5.90. The van der Waals surface area contributed by atoms with Crippen LogP contribution in [0.5, 0.6) is 5.75 Å². The molecule has 0 unspecified atom stereocenters. The van der Waals surface area contributed by atoms with Crippen LogP contribution in [-0.4, -0.2) is 57.1 Å². The van der Waals surface area contributed by atoms with Crippen LogP contribution in [0.1, 0.15) is 55.2 Å². The average Bonchev–Trinajstić information content (AvgIpc) is 3.50. The number of hydrogen-bond acceptors (Lipinski definition) is 5. The number of ether oxygens (including phenoxy) is 1. The normalized spacial score (nSPS) is 14.2. The Morgan fingerprint density at radius 1 is 1.02 bits per heavy atom. The first-order valence-corrected chi connectivity index (χ1v) is 17.3. The summed E-state index contributed by atoms with van der Waals surface area (Å²) in [5.41, 5.74) is 3.33. The second-order valence-electron chi connectivity index (χ2n) is 11.4. The van der Waals surface area contributed by atoms with Gasteiger partial charge in [0.15, 0.2) is 0 Å². The number of hydrogen-bond donors (Lipinski definition) is 1. The maximum Gasteiger partial charge on any atom is 0.243 e. The molecule has 1 N–H and O–H groups in total. The van der Waals surface area contributed by atoms with Crippen molar-refractivity contribution in [2.24, 2.45) is 0 Å². The standard InChI is InChI=1S/C34H42ClN3O5S/c1-25-12-7-8-15-27(25)24-37(31(22-26-13-5-4-6-14-26)34(40)36-28-16-9-10-17-28)33(39)18-11-21-38(44(3,41)42)29-19-20-32(43-2)30(35)23-29/h4-8,12-15,19-20,23,28,31H,9-11,16-18,21-22,24H2,1-3H3,(H,36,40)/t31-/m1/s1. The molecule has 1 atom stereocenters. The van der Waals surface area contributed by atoms with Crippen molar-refractivity contribution < 1.29 is 22.7 Å². The van der Waals surface area contributed by atoms with E-state index in [0.29, 0.717) is 17.9 Å². The average molecular weight is 640 g/mol. The highest BCUT2D eigenvalue weighted by Crippen LogP contribution is 2.30. The quantitative estimate of drug-likeness (QED) is 0.237. The van der Waals surface area contributed by atoms with Gasteiger partial charge in [-0.2, -0.15) is 0 Å². The van der Waals surface area contributed by atoms with Crippen molar-refractivity contribution in [3.63, 3.8) is 0 Å². The summed E-state index contributed by atoms with van der Waals surface area (Å²) in [6, 6.07) is 21.7. The number of nitrogens with one attached hydrogen (secondary N) is 1. The van der Waals surface area contributed by atoms with E-state index in [2.05, 4.69) is 5.32 Å². The molecule has 0 saturated heterocycles. The summed E-state index contributed by atoms with van der Waals surface area (Å²) >= 11 is 6.29. The number of nitrogens with zero attached hydrogens (tertiary/aromatic N) is 2. The third-order valence-electron chi connectivity index (χ3n) is 8.15. The monoisotopic (exact) mass is 639 g/mol. The van der Waals surface area contributed by atoms with Gasteiger partial charge in [-0.15, -0.1) is 0 Å². The fourth-order valence-corrected chi connectivity index (χ4v) is 6.92. The van der Waals surface area contributed by atoms with E-state index in [0.717, 1.165) is 48.6 Å². The molecule has 4 rings (SSSR count). The highest BCUT2D eigenvalue weighted by atomic mass is 35.5. The Morgan fingerprint density at radius 3 is 2.34 bits per heavy atom. The number of amides is 2. The highest BCUT2D eigenvalue weighted by Gasteiger charge is 2.32. The van der Waals surface area contributed by atoms with Crippen LogP contribution in [0.2, 0.25) is 5.02 Å². The molecule has 0 heterocycles. The SMILES string of the molecule is COc1ccc(N(CCCC(=O)N(Cc2ccccc2C)[C@H](Cc2ccccc2)C(=O)NC2CCCC2)S(C)(=O)=O)cc1Cl. The van der Waals surface area contributed by atoms with Gasteiger partial charge in [-0.25, -0.2) is 8.42 Å². The van der Waals surface area contributed by atoms with Crippen LogP contribution in [-0.2, 0) is 32.6 Å². The fraction of sp³-hybridized carbons (Fsp3) is 0.412. The van der Waals surface area contributed by atoms with Crippen molar-refractivity contribution in [3.05, 3.63) is 94.5 Å². The molecule has 1 fully saturated rings. The van der Waals surface area contributed by atoms with Gasteiger partial charge >= 0.3 is 0 Å². The Labute approximate surface area is 266 Å². The smallest absolute Gasteiger partial charge is 0.243 e. The summed E-state index contributed by atoms with van der Waals surface area (Å²) in [6.45, 7) is 2.33. The van der Waals surface area contributed by atoms with Crippen LogP contribution in [0.4, 0.5) is 5.69 Å². The zero-order chi connectivity index (χ0) is 31.7. The van der Waals surface area contributed by atoms with Gasteiger partial charge in [0.25, 0.3) is 0 Å². The van der Waals surface area contributed by atoms with E-state index in [1.54, 1.807) is 17.0 Å². The van der Waals surface area contributed by atoms with Crippen LogP contribution < -0.4 is 14.4 Å². The van der Waals surface area contributed by atoms with Crippen molar-refractivity contribution >= 4 is 39.1 Å². The van der Waals surface area contributed by atoms with Crippen molar-refractivity contribution in [2.45, 2.75) is 70.5 Å². The van der Waals surface area contributed by atoms with E-state index in [9.17, 15) is 18.0 Å². The van der Waals surface area contributed by atoms with Gasteiger partial charge in [-0.3, -0.25) is 13.9 Å². The maximum absolute atomic E-state index is 14.1. The lowest BCUT2D eigenvalue weighted by molar-refractivity contribution is -0.141. The number of halogens is 1. The van der Waals surface area contributed by atoms with Crippen molar-refractivity contribution in [1.82, 2.24) is 10.2 Å². The number of rotatable bonds is 14. The van der Waals surface area contributed by atoms with Crippen LogP contribution in [0.15, 0.2) is 72.8 Å². The van der Waals surface area contributed by atoms with E-state index >= 15 is 0 Å². The molecule has 236 valence electrons. The largest absolute Gasteiger partial charge is 0.495 e. The summed E-state index contributed by atoms with van der Waals surface area (Å²) < 4.78 is 32.0. The minimum Gasteiger partial charge on any atom is -0.495 e. The summed E-state index contributed by atoms with van der Waals surface area (Å²) in [5, 5.41) is 3.51. The van der Waals surface area contributed by atoms with Crippen LogP contribution in [0.3, 0.4) is 0 Å². The van der Waals surface area contributed by atoms with Crippen molar-refractivity contribution in [3.8, 4) is 5.75 Å². The second-order valence-corrected chi connectivity index (χ2v) is 13.7. The van der Waals surface area contributed by atoms with Gasteiger partial charge in [-0.05, 0) is 61.1 Å². The molecule has 0 aromatic heterocycles. The van der Waals surface area contributed by atoms with Crippen LogP contribution >= 0.6 is 11.6 Å². The molecule has 0 aliphatic heterocycles. The Balaban J connectivity index is 1.59. The first kappa shape index (κ1) is 33.3. The number of anilines is 1. The van der Waals surface area contributed by atoms with E-state index < -0.39 is 16.1 Å². The number of methoxy groups -OCH3 is 1. The van der Waals surface area contributed by atoms with Crippen LogP contribution in [0, 0.1) is 6.92 Å². The molecule has 0 spiro atoms. The Hall–Kier alpha value is -3.56. The molecule has 0 bridgehead atoms. The molecule has 3 aromatic carbocycles. The minimum absolute atomic E-state index is 0.0593. The lowest BCUT2D eigenvalue weighted by atomic mass is 10.0. The summed E-state index contributed by atoms with van der Waals surface area (Å²) in [6.07, 6.45) is 5.84. The zero-order valence-corrected chi connectivity index (χ0v) is 27.2. The first-order chi connectivity index (χ1) is 21.1. The molecule has 1 aliphatic rings.